The van der Waals surface area contributed by atoms with E-state index in [1.165, 1.54) is 18.2 Å². The Labute approximate surface area is 120 Å². The Morgan fingerprint density at radius 3 is 2.45 bits per heavy atom. The van der Waals surface area contributed by atoms with Crippen LogP contribution in [0, 0.1) is 11.6 Å². The van der Waals surface area contributed by atoms with E-state index in [2.05, 4.69) is 10.3 Å². The van der Waals surface area contributed by atoms with Gasteiger partial charge in [-0.3, -0.25) is 0 Å². The van der Waals surface area contributed by atoms with Gasteiger partial charge in [-0.15, -0.1) is 12.4 Å². The lowest BCUT2D eigenvalue weighted by Crippen LogP contribution is -2.26. The van der Waals surface area contributed by atoms with Gasteiger partial charge in [0.05, 0.1) is 5.56 Å². The minimum absolute atomic E-state index is 0. The molecule has 1 atom stereocenters. The quantitative estimate of drug-likeness (QED) is 0.849. The normalized spacial score (nSPS) is 16.5. The molecule has 1 aliphatic heterocycles. The second kappa shape index (κ2) is 5.46. The first-order valence-electron chi connectivity index (χ1n) is 5.79. The van der Waals surface area contributed by atoms with Crippen LogP contribution in [-0.2, 0) is 0 Å². The minimum atomic E-state index is -0.435. The maximum absolute atomic E-state index is 13.7. The Hall–Kier alpha value is -2.14. The first kappa shape index (κ1) is 14.3. The number of hydrogen-bond donors (Lipinski definition) is 2. The smallest absolute Gasteiger partial charge is 0.147 e. The van der Waals surface area contributed by atoms with Crippen molar-refractivity contribution in [3.8, 4) is 0 Å². The predicted molar refractivity (Wildman–Crippen MR) is 77.1 cm³/mol. The molecule has 3 nitrogen and oxygen atoms in total. The van der Waals surface area contributed by atoms with Crippen LogP contribution in [0.1, 0.15) is 17.3 Å². The largest absolute Gasteiger partial charge is 0.383 e. The minimum Gasteiger partial charge on any atom is -0.383 e. The highest BCUT2D eigenvalue weighted by atomic mass is 35.5. The summed E-state index contributed by atoms with van der Waals surface area (Å²) in [5, 5.41) is 3.07. The highest BCUT2D eigenvalue weighted by Gasteiger charge is 2.22. The Balaban J connectivity index is 0.00000147. The molecule has 1 aliphatic rings. The molecule has 0 radical (unpaired) electrons. The van der Waals surface area contributed by atoms with E-state index in [0.29, 0.717) is 5.69 Å². The van der Waals surface area contributed by atoms with Crippen molar-refractivity contribution in [2.24, 2.45) is 10.7 Å². The fourth-order valence-corrected chi connectivity index (χ4v) is 2.09. The number of aliphatic imine (C=N–C) groups is 1. The number of hydrogen-bond acceptors (Lipinski definition) is 3. The van der Waals surface area contributed by atoms with Gasteiger partial charge in [-0.25, -0.2) is 13.8 Å². The highest BCUT2D eigenvalue weighted by Crippen LogP contribution is 2.30. The lowest BCUT2D eigenvalue weighted by molar-refractivity contribution is 0.622. The van der Waals surface area contributed by atoms with Crippen LogP contribution < -0.4 is 11.1 Å². The summed E-state index contributed by atoms with van der Waals surface area (Å²) in [6.45, 7) is 0. The molecule has 0 saturated heterocycles. The first-order chi connectivity index (χ1) is 9.15. The van der Waals surface area contributed by atoms with E-state index in [1.54, 1.807) is 24.3 Å². The number of nitrogens with zero attached hydrogens (tertiary/aromatic N) is 1. The van der Waals surface area contributed by atoms with E-state index in [4.69, 9.17) is 5.73 Å². The summed E-state index contributed by atoms with van der Waals surface area (Å²) >= 11 is 0. The first-order valence-corrected chi connectivity index (χ1v) is 5.79. The maximum Gasteiger partial charge on any atom is 0.147 e. The van der Waals surface area contributed by atoms with E-state index in [-0.39, 0.29) is 29.6 Å². The number of anilines is 1. The second-order valence-corrected chi connectivity index (χ2v) is 4.28. The van der Waals surface area contributed by atoms with E-state index in [0.717, 1.165) is 5.56 Å². The molecule has 20 heavy (non-hydrogen) atoms. The zero-order valence-electron chi connectivity index (χ0n) is 10.3. The lowest BCUT2D eigenvalue weighted by atomic mass is 10.1. The molecular weight excluding hydrogens is 284 g/mol. The molecule has 1 heterocycles. The number of amidine groups is 1. The Morgan fingerprint density at radius 2 is 1.75 bits per heavy atom. The molecule has 2 aromatic carbocycles. The molecule has 0 amide bonds. The van der Waals surface area contributed by atoms with Gasteiger partial charge in [0.25, 0.3) is 0 Å². The molecule has 3 N–H and O–H groups in total. The molecule has 0 saturated carbocycles. The molecule has 0 bridgehead atoms. The van der Waals surface area contributed by atoms with Gasteiger partial charge in [0.1, 0.15) is 23.6 Å². The number of halogens is 3. The Kier molecular flexibility index (Phi) is 3.90. The topological polar surface area (TPSA) is 50.4 Å². The molecule has 0 aromatic heterocycles. The van der Waals surface area contributed by atoms with Crippen molar-refractivity contribution in [1.29, 1.82) is 0 Å². The van der Waals surface area contributed by atoms with E-state index >= 15 is 0 Å². The fraction of sp³-hybridized carbons (Fsp3) is 0.0714. The van der Waals surface area contributed by atoms with Crippen LogP contribution in [0.3, 0.4) is 0 Å². The van der Waals surface area contributed by atoms with Gasteiger partial charge in [-0.1, -0.05) is 18.2 Å². The lowest BCUT2D eigenvalue weighted by Gasteiger charge is -2.24. The van der Waals surface area contributed by atoms with Crippen LogP contribution in [-0.4, -0.2) is 5.84 Å². The zero-order chi connectivity index (χ0) is 13.4. The van der Waals surface area contributed by atoms with Crippen molar-refractivity contribution >= 4 is 23.9 Å². The third-order valence-electron chi connectivity index (χ3n) is 3.02. The van der Waals surface area contributed by atoms with Crippen LogP contribution in [0.15, 0.2) is 47.5 Å². The second-order valence-electron chi connectivity index (χ2n) is 4.28. The van der Waals surface area contributed by atoms with Crippen molar-refractivity contribution in [2.45, 2.75) is 6.17 Å². The van der Waals surface area contributed by atoms with Crippen molar-refractivity contribution in [1.82, 2.24) is 0 Å². The van der Waals surface area contributed by atoms with Crippen LogP contribution in [0.4, 0.5) is 14.5 Å². The Bertz CT molecular complexity index is 656. The third kappa shape index (κ3) is 2.44. The van der Waals surface area contributed by atoms with Crippen molar-refractivity contribution in [3.05, 3.63) is 65.2 Å². The summed E-state index contributed by atoms with van der Waals surface area (Å²) in [5.74, 6) is -0.590. The van der Waals surface area contributed by atoms with Crippen LogP contribution in [0.5, 0.6) is 0 Å². The Morgan fingerprint density at radius 1 is 1.05 bits per heavy atom. The molecule has 1 unspecified atom stereocenters. The summed E-state index contributed by atoms with van der Waals surface area (Å²) in [6, 6.07) is 10.6. The van der Waals surface area contributed by atoms with Gasteiger partial charge >= 0.3 is 0 Å². The summed E-state index contributed by atoms with van der Waals surface area (Å²) in [7, 11) is 0. The fourth-order valence-electron chi connectivity index (χ4n) is 2.09. The summed E-state index contributed by atoms with van der Waals surface area (Å²) in [6.07, 6.45) is -0.435. The number of rotatable bonds is 1. The van der Waals surface area contributed by atoms with Gasteiger partial charge in [0, 0.05) is 5.69 Å². The number of nitrogens with one attached hydrogen (secondary N) is 1. The van der Waals surface area contributed by atoms with Crippen molar-refractivity contribution in [2.75, 3.05) is 5.32 Å². The van der Waals surface area contributed by atoms with Gasteiger partial charge < -0.3 is 11.1 Å². The van der Waals surface area contributed by atoms with Crippen molar-refractivity contribution in [3.63, 3.8) is 0 Å². The molecular formula is C14H12ClF2N3. The monoisotopic (exact) mass is 295 g/mol. The van der Waals surface area contributed by atoms with Gasteiger partial charge in [0.15, 0.2) is 0 Å². The van der Waals surface area contributed by atoms with Gasteiger partial charge in [0.2, 0.25) is 0 Å². The van der Waals surface area contributed by atoms with Crippen molar-refractivity contribution < 1.29 is 8.78 Å². The SMILES string of the molecule is Cl.NC1=NC(c2ccc(F)cc2)Nc2cccc(F)c21. The molecule has 104 valence electrons. The zero-order valence-corrected chi connectivity index (χ0v) is 11.1. The molecule has 2 aromatic rings. The van der Waals surface area contributed by atoms with Gasteiger partial charge in [-0.2, -0.15) is 0 Å². The van der Waals surface area contributed by atoms with Crippen LogP contribution in [0.25, 0.3) is 0 Å². The van der Waals surface area contributed by atoms with Crippen LogP contribution in [0.2, 0.25) is 0 Å². The number of benzene rings is 2. The average molecular weight is 296 g/mol. The number of fused-ring (bicyclic) bond motifs is 1. The summed E-state index contributed by atoms with van der Waals surface area (Å²) in [4.78, 5) is 4.21. The summed E-state index contributed by atoms with van der Waals surface area (Å²) < 4.78 is 26.5. The molecule has 0 fully saturated rings. The van der Waals surface area contributed by atoms with E-state index < -0.39 is 12.0 Å². The summed E-state index contributed by atoms with van der Waals surface area (Å²) in [5.41, 5.74) is 7.43. The van der Waals surface area contributed by atoms with Crippen LogP contribution >= 0.6 is 12.4 Å². The average Bonchev–Trinajstić information content (AvgIpc) is 2.39. The number of nitrogens with two attached hydrogens (primary N) is 1. The molecule has 3 rings (SSSR count). The molecule has 0 aliphatic carbocycles. The van der Waals surface area contributed by atoms with E-state index in [1.807, 2.05) is 0 Å². The predicted octanol–water partition coefficient (Wildman–Crippen LogP) is 3.22. The van der Waals surface area contributed by atoms with Gasteiger partial charge in [-0.05, 0) is 29.8 Å². The standard InChI is InChI=1S/C14H11F2N3.ClH/c15-9-6-4-8(5-7-9)14-18-11-3-1-2-10(16)12(11)13(17)19-14;/h1-7,14,18H,(H2,17,19);1H. The highest BCUT2D eigenvalue weighted by molar-refractivity contribution is 6.04. The molecule has 0 spiro atoms. The molecule has 6 heteroatoms. The maximum atomic E-state index is 13.7. The third-order valence-corrected chi connectivity index (χ3v) is 3.02. The van der Waals surface area contributed by atoms with E-state index in [9.17, 15) is 8.78 Å².